The van der Waals surface area contributed by atoms with Gasteiger partial charge in [-0.25, -0.2) is 9.59 Å². The standard InChI is InChI=1S/C24H39N3O4/c1-17(15-19-12-10-14-27(19)22(29)31-24(5,6)7)26-20-13-9-8-11-18(20)16-25-21(28)30-23(2,3)4/h8-9,11,13,17,19,26H,10,12,14-16H2,1-7H3,(H,25,28). The van der Waals surface area contributed by atoms with Crippen molar-refractivity contribution in [3.05, 3.63) is 29.8 Å². The average Bonchev–Trinajstić information content (AvgIpc) is 3.06. The summed E-state index contributed by atoms with van der Waals surface area (Å²) in [6.45, 7) is 14.4. The molecule has 1 fully saturated rings. The molecule has 1 aromatic rings. The van der Waals surface area contributed by atoms with Gasteiger partial charge >= 0.3 is 12.2 Å². The van der Waals surface area contributed by atoms with Crippen molar-refractivity contribution in [1.29, 1.82) is 0 Å². The largest absolute Gasteiger partial charge is 0.444 e. The van der Waals surface area contributed by atoms with Crippen molar-refractivity contribution in [2.24, 2.45) is 0 Å². The molecule has 1 aliphatic rings. The van der Waals surface area contributed by atoms with Crippen molar-refractivity contribution < 1.29 is 19.1 Å². The summed E-state index contributed by atoms with van der Waals surface area (Å²) >= 11 is 0. The summed E-state index contributed by atoms with van der Waals surface area (Å²) in [5.74, 6) is 0. The van der Waals surface area contributed by atoms with Gasteiger partial charge in [0.25, 0.3) is 0 Å². The number of ether oxygens (including phenoxy) is 2. The predicted molar refractivity (Wildman–Crippen MR) is 123 cm³/mol. The Kier molecular flexibility index (Phi) is 8.21. The lowest BCUT2D eigenvalue weighted by Gasteiger charge is -2.30. The van der Waals surface area contributed by atoms with Crippen molar-refractivity contribution in [2.45, 2.75) is 97.6 Å². The zero-order chi connectivity index (χ0) is 23.2. The van der Waals surface area contributed by atoms with Crippen LogP contribution in [0.3, 0.4) is 0 Å². The summed E-state index contributed by atoms with van der Waals surface area (Å²) in [5, 5.41) is 6.36. The Morgan fingerprint density at radius 3 is 2.39 bits per heavy atom. The number of benzene rings is 1. The van der Waals surface area contributed by atoms with Gasteiger partial charge in [0.1, 0.15) is 11.2 Å². The third kappa shape index (κ3) is 8.67. The van der Waals surface area contributed by atoms with E-state index < -0.39 is 17.3 Å². The average molecular weight is 434 g/mol. The highest BCUT2D eigenvalue weighted by Crippen LogP contribution is 2.26. The third-order valence-corrected chi connectivity index (χ3v) is 4.87. The molecule has 31 heavy (non-hydrogen) atoms. The number of nitrogens with zero attached hydrogens (tertiary/aromatic N) is 1. The molecule has 7 nitrogen and oxygen atoms in total. The number of carbonyl (C=O) groups is 2. The summed E-state index contributed by atoms with van der Waals surface area (Å²) in [4.78, 5) is 26.4. The van der Waals surface area contributed by atoms with Crippen molar-refractivity contribution in [3.8, 4) is 0 Å². The fourth-order valence-electron chi connectivity index (χ4n) is 3.67. The van der Waals surface area contributed by atoms with Crippen LogP contribution in [0.25, 0.3) is 0 Å². The number of para-hydroxylation sites is 1. The van der Waals surface area contributed by atoms with Crippen molar-refractivity contribution in [1.82, 2.24) is 10.2 Å². The van der Waals surface area contributed by atoms with Crippen LogP contribution in [0.2, 0.25) is 0 Å². The zero-order valence-electron chi connectivity index (χ0n) is 20.1. The maximum Gasteiger partial charge on any atom is 0.410 e. The Bertz CT molecular complexity index is 752. The first-order chi connectivity index (χ1) is 14.3. The number of carbonyl (C=O) groups excluding carboxylic acids is 2. The molecule has 0 saturated carbocycles. The maximum atomic E-state index is 12.5. The molecule has 2 amide bonds. The number of nitrogens with one attached hydrogen (secondary N) is 2. The molecular weight excluding hydrogens is 394 g/mol. The normalized spacial score (nSPS) is 17.8. The van der Waals surface area contributed by atoms with E-state index in [0.29, 0.717) is 6.54 Å². The van der Waals surface area contributed by atoms with Gasteiger partial charge in [0.05, 0.1) is 0 Å². The highest BCUT2D eigenvalue weighted by atomic mass is 16.6. The van der Waals surface area contributed by atoms with Gasteiger partial charge in [-0.2, -0.15) is 0 Å². The highest BCUT2D eigenvalue weighted by molar-refractivity contribution is 5.69. The van der Waals surface area contributed by atoms with E-state index in [0.717, 1.165) is 37.1 Å². The van der Waals surface area contributed by atoms with Crippen LogP contribution in [0.15, 0.2) is 24.3 Å². The van der Waals surface area contributed by atoms with Crippen LogP contribution >= 0.6 is 0 Å². The summed E-state index contributed by atoms with van der Waals surface area (Å²) < 4.78 is 10.9. The third-order valence-electron chi connectivity index (χ3n) is 4.87. The Labute approximate surface area is 186 Å². The topological polar surface area (TPSA) is 79.9 Å². The van der Waals surface area contributed by atoms with E-state index in [4.69, 9.17) is 9.47 Å². The smallest absolute Gasteiger partial charge is 0.410 e. The molecule has 2 rings (SSSR count). The van der Waals surface area contributed by atoms with Crippen LogP contribution in [0.1, 0.15) is 73.3 Å². The molecule has 0 bridgehead atoms. The van der Waals surface area contributed by atoms with Gasteiger partial charge in [0.2, 0.25) is 0 Å². The number of rotatable bonds is 6. The van der Waals surface area contributed by atoms with Gasteiger partial charge < -0.3 is 25.0 Å². The first-order valence-electron chi connectivity index (χ1n) is 11.1. The molecule has 2 N–H and O–H groups in total. The Hall–Kier alpha value is -2.44. The molecule has 174 valence electrons. The molecule has 1 saturated heterocycles. The van der Waals surface area contributed by atoms with E-state index in [-0.39, 0.29) is 18.2 Å². The van der Waals surface area contributed by atoms with Gasteiger partial charge in [-0.3, -0.25) is 0 Å². The van der Waals surface area contributed by atoms with E-state index in [2.05, 4.69) is 17.6 Å². The SMILES string of the molecule is CC(CC1CCCN1C(=O)OC(C)(C)C)Nc1ccccc1CNC(=O)OC(C)(C)C. The molecule has 7 heteroatoms. The van der Waals surface area contributed by atoms with E-state index >= 15 is 0 Å². The molecule has 1 heterocycles. The predicted octanol–water partition coefficient (Wildman–Crippen LogP) is 5.30. The Morgan fingerprint density at radius 1 is 1.10 bits per heavy atom. The maximum absolute atomic E-state index is 12.5. The lowest BCUT2D eigenvalue weighted by Crippen LogP contribution is -2.41. The first-order valence-corrected chi connectivity index (χ1v) is 11.1. The van der Waals surface area contributed by atoms with Crippen LogP contribution in [0.4, 0.5) is 15.3 Å². The number of likely N-dealkylation sites (tertiary alicyclic amines) is 1. The summed E-state index contributed by atoms with van der Waals surface area (Å²) in [7, 11) is 0. The fourth-order valence-corrected chi connectivity index (χ4v) is 3.67. The second-order valence-corrected chi connectivity index (χ2v) is 10.3. The summed E-state index contributed by atoms with van der Waals surface area (Å²) in [5.41, 5.74) is 0.926. The molecule has 2 atom stereocenters. The molecule has 0 spiro atoms. The van der Waals surface area contributed by atoms with Gasteiger partial charge in [0, 0.05) is 30.9 Å². The molecule has 2 unspecified atom stereocenters. The number of hydrogen-bond donors (Lipinski definition) is 2. The zero-order valence-corrected chi connectivity index (χ0v) is 20.1. The number of hydrogen-bond acceptors (Lipinski definition) is 5. The summed E-state index contributed by atoms with van der Waals surface area (Å²) in [6.07, 6.45) is 2.13. The Morgan fingerprint density at radius 2 is 1.74 bits per heavy atom. The van der Waals surface area contributed by atoms with Gasteiger partial charge in [-0.1, -0.05) is 18.2 Å². The minimum Gasteiger partial charge on any atom is -0.444 e. The molecule has 0 aliphatic carbocycles. The second kappa shape index (κ2) is 10.2. The quantitative estimate of drug-likeness (QED) is 0.636. The fraction of sp³-hybridized carbons (Fsp3) is 0.667. The van der Waals surface area contributed by atoms with E-state index in [1.165, 1.54) is 0 Å². The first kappa shape index (κ1) is 24.8. The number of anilines is 1. The van der Waals surface area contributed by atoms with Crippen LogP contribution in [-0.4, -0.2) is 46.9 Å². The lowest BCUT2D eigenvalue weighted by atomic mass is 10.0. The van der Waals surface area contributed by atoms with Gasteiger partial charge in [-0.05, 0) is 79.4 Å². The van der Waals surface area contributed by atoms with E-state index in [1.807, 2.05) is 70.7 Å². The van der Waals surface area contributed by atoms with E-state index in [1.54, 1.807) is 0 Å². The minimum atomic E-state index is -0.530. The monoisotopic (exact) mass is 433 g/mol. The lowest BCUT2D eigenvalue weighted by molar-refractivity contribution is 0.0218. The second-order valence-electron chi connectivity index (χ2n) is 10.3. The highest BCUT2D eigenvalue weighted by Gasteiger charge is 2.33. The van der Waals surface area contributed by atoms with Crippen molar-refractivity contribution in [3.63, 3.8) is 0 Å². The molecule has 0 radical (unpaired) electrons. The molecule has 1 aliphatic heterocycles. The van der Waals surface area contributed by atoms with Crippen molar-refractivity contribution >= 4 is 17.9 Å². The van der Waals surface area contributed by atoms with E-state index in [9.17, 15) is 9.59 Å². The van der Waals surface area contributed by atoms with Gasteiger partial charge in [-0.15, -0.1) is 0 Å². The minimum absolute atomic E-state index is 0.149. The van der Waals surface area contributed by atoms with Crippen molar-refractivity contribution in [2.75, 3.05) is 11.9 Å². The van der Waals surface area contributed by atoms with Crippen LogP contribution < -0.4 is 10.6 Å². The van der Waals surface area contributed by atoms with Gasteiger partial charge in [0.15, 0.2) is 0 Å². The van der Waals surface area contributed by atoms with Crippen LogP contribution in [-0.2, 0) is 16.0 Å². The Balaban J connectivity index is 1.94. The molecule has 0 aromatic heterocycles. The number of alkyl carbamates (subject to hydrolysis) is 1. The molecule has 1 aromatic carbocycles. The summed E-state index contributed by atoms with van der Waals surface area (Å²) in [6, 6.07) is 8.20. The molecular formula is C24H39N3O4. The van der Waals surface area contributed by atoms with Crippen LogP contribution in [0.5, 0.6) is 0 Å². The van der Waals surface area contributed by atoms with Crippen LogP contribution in [0, 0.1) is 0 Å². The number of amides is 2.